The van der Waals surface area contributed by atoms with Crippen molar-refractivity contribution in [2.45, 2.75) is 51.2 Å². The highest BCUT2D eigenvalue weighted by atomic mass is 16.4. The van der Waals surface area contributed by atoms with Crippen molar-refractivity contribution in [2.24, 2.45) is 0 Å². The predicted molar refractivity (Wildman–Crippen MR) is 127 cm³/mol. The SMILES string of the molecule is CC(C)(CCn1cnc(-c2cccnc2)c1)NCC(=O)N1CCC[C@H]1C#N.O=C(O)/C=C/C(=O)O. The molecule has 35 heavy (non-hydrogen) atoms. The van der Waals surface area contributed by atoms with Crippen molar-refractivity contribution < 1.29 is 24.6 Å². The van der Waals surface area contributed by atoms with Crippen LogP contribution in [-0.4, -0.2) is 72.2 Å². The number of carbonyl (C=O) groups is 3. The minimum absolute atomic E-state index is 0.00798. The number of hydrogen-bond donors (Lipinski definition) is 3. The molecule has 11 heteroatoms. The Balaban J connectivity index is 0.000000466. The number of nitriles is 1. The summed E-state index contributed by atoms with van der Waals surface area (Å²) in [7, 11) is 0. The lowest BCUT2D eigenvalue weighted by atomic mass is 10.0. The minimum Gasteiger partial charge on any atom is -0.478 e. The fourth-order valence-corrected chi connectivity index (χ4v) is 3.40. The van der Waals surface area contributed by atoms with E-state index >= 15 is 0 Å². The van der Waals surface area contributed by atoms with Gasteiger partial charge in [-0.2, -0.15) is 5.26 Å². The van der Waals surface area contributed by atoms with E-state index in [4.69, 9.17) is 15.5 Å². The highest BCUT2D eigenvalue weighted by molar-refractivity contribution is 5.89. The first kappa shape index (κ1) is 27.2. The van der Waals surface area contributed by atoms with E-state index in [2.05, 4.69) is 39.8 Å². The first-order chi connectivity index (χ1) is 16.6. The number of nitrogens with one attached hydrogen (secondary N) is 1. The fraction of sp³-hybridized carbons (Fsp3) is 0.417. The summed E-state index contributed by atoms with van der Waals surface area (Å²) in [6.07, 6.45) is 11.0. The van der Waals surface area contributed by atoms with Crippen molar-refractivity contribution in [3.63, 3.8) is 0 Å². The number of rotatable bonds is 9. The third kappa shape index (κ3) is 9.38. The Bertz CT molecular complexity index is 1060. The molecule has 11 nitrogen and oxygen atoms in total. The molecule has 1 aliphatic heterocycles. The standard InChI is InChI=1S/C20H26N6O.C4H4O4/c1-20(2,24-13-19(27)26-9-4-6-17(26)11-21)7-10-25-14-18(23-15-25)16-5-3-8-22-12-16;5-3(6)1-2-4(7)8/h3,5,8,12,14-15,17,24H,4,6-7,9-10,13H2,1-2H3;1-2H,(H,5,6)(H,7,8)/b;2-1+/t17-;/m0./s1. The molecule has 0 bridgehead atoms. The predicted octanol–water partition coefficient (Wildman–Crippen LogP) is 1.93. The van der Waals surface area contributed by atoms with Gasteiger partial charge in [0.15, 0.2) is 0 Å². The van der Waals surface area contributed by atoms with Gasteiger partial charge >= 0.3 is 11.9 Å². The number of aryl methyl sites for hydroxylation is 1. The van der Waals surface area contributed by atoms with Crippen LogP contribution in [0.1, 0.15) is 33.1 Å². The summed E-state index contributed by atoms with van der Waals surface area (Å²) in [6, 6.07) is 5.84. The van der Waals surface area contributed by atoms with Gasteiger partial charge < -0.3 is 25.0 Å². The average molecular weight is 483 g/mol. The molecule has 0 aromatic carbocycles. The van der Waals surface area contributed by atoms with Crippen molar-refractivity contribution in [3.05, 3.63) is 49.2 Å². The topological polar surface area (TPSA) is 161 Å². The number of carboxylic acids is 2. The third-order valence-corrected chi connectivity index (χ3v) is 5.39. The summed E-state index contributed by atoms with van der Waals surface area (Å²) >= 11 is 0. The van der Waals surface area contributed by atoms with Gasteiger partial charge in [0.1, 0.15) is 6.04 Å². The van der Waals surface area contributed by atoms with Crippen LogP contribution in [0.3, 0.4) is 0 Å². The number of carbonyl (C=O) groups excluding carboxylic acids is 1. The Morgan fingerprint density at radius 2 is 2.00 bits per heavy atom. The lowest BCUT2D eigenvalue weighted by Gasteiger charge is -2.28. The smallest absolute Gasteiger partial charge is 0.328 e. The maximum Gasteiger partial charge on any atom is 0.328 e. The van der Waals surface area contributed by atoms with E-state index in [9.17, 15) is 14.4 Å². The fourth-order valence-electron chi connectivity index (χ4n) is 3.40. The number of amides is 1. The zero-order valence-electron chi connectivity index (χ0n) is 19.8. The minimum atomic E-state index is -1.26. The zero-order valence-corrected chi connectivity index (χ0v) is 19.8. The number of aromatic nitrogens is 3. The number of imidazole rings is 1. The van der Waals surface area contributed by atoms with E-state index in [1.54, 1.807) is 17.3 Å². The van der Waals surface area contributed by atoms with Crippen LogP contribution in [0.25, 0.3) is 11.3 Å². The maximum atomic E-state index is 12.4. The summed E-state index contributed by atoms with van der Waals surface area (Å²) in [5.74, 6) is -2.51. The van der Waals surface area contributed by atoms with Crippen LogP contribution in [-0.2, 0) is 20.9 Å². The Kier molecular flexibility index (Phi) is 10.1. The van der Waals surface area contributed by atoms with Gasteiger partial charge in [-0.25, -0.2) is 14.6 Å². The van der Waals surface area contributed by atoms with Gasteiger partial charge in [-0.1, -0.05) is 0 Å². The molecule has 3 heterocycles. The summed E-state index contributed by atoms with van der Waals surface area (Å²) in [5, 5.41) is 28.1. The molecule has 2 aromatic heterocycles. The van der Waals surface area contributed by atoms with Crippen molar-refractivity contribution in [3.8, 4) is 17.3 Å². The molecule has 0 unspecified atom stereocenters. The molecule has 3 N–H and O–H groups in total. The second-order valence-electron chi connectivity index (χ2n) is 8.61. The number of likely N-dealkylation sites (tertiary alicyclic amines) is 1. The number of hydrogen-bond acceptors (Lipinski definition) is 7. The van der Waals surface area contributed by atoms with Gasteiger partial charge in [0, 0.05) is 54.9 Å². The second kappa shape index (κ2) is 13.0. The molecule has 1 saturated heterocycles. The first-order valence-corrected chi connectivity index (χ1v) is 11.1. The third-order valence-electron chi connectivity index (χ3n) is 5.39. The summed E-state index contributed by atoms with van der Waals surface area (Å²) in [6.45, 7) is 5.92. The van der Waals surface area contributed by atoms with Crippen LogP contribution in [0.2, 0.25) is 0 Å². The largest absolute Gasteiger partial charge is 0.478 e. The highest BCUT2D eigenvalue weighted by Gasteiger charge is 2.29. The van der Waals surface area contributed by atoms with Crippen LogP contribution >= 0.6 is 0 Å². The molecule has 1 aliphatic rings. The van der Waals surface area contributed by atoms with Gasteiger partial charge in [0.05, 0.1) is 24.6 Å². The Hall–Kier alpha value is -4.04. The lowest BCUT2D eigenvalue weighted by Crippen LogP contribution is -2.47. The van der Waals surface area contributed by atoms with E-state index < -0.39 is 11.9 Å². The molecule has 2 aromatic rings. The molecule has 0 spiro atoms. The van der Waals surface area contributed by atoms with Crippen LogP contribution in [0.15, 0.2) is 49.2 Å². The van der Waals surface area contributed by atoms with Crippen molar-refractivity contribution >= 4 is 17.8 Å². The molecule has 0 aliphatic carbocycles. The normalized spacial score (nSPS) is 15.3. The van der Waals surface area contributed by atoms with Gasteiger partial charge in [-0.3, -0.25) is 9.78 Å². The summed E-state index contributed by atoms with van der Waals surface area (Å²) in [5.41, 5.74) is 1.70. The maximum absolute atomic E-state index is 12.4. The highest BCUT2D eigenvalue weighted by Crippen LogP contribution is 2.18. The van der Waals surface area contributed by atoms with Crippen LogP contribution in [0, 0.1) is 11.3 Å². The zero-order chi connectivity index (χ0) is 25.8. The first-order valence-electron chi connectivity index (χ1n) is 11.1. The molecular weight excluding hydrogens is 452 g/mol. The average Bonchev–Trinajstić information content (AvgIpc) is 3.51. The van der Waals surface area contributed by atoms with Gasteiger partial charge in [0.25, 0.3) is 0 Å². The van der Waals surface area contributed by atoms with E-state index in [-0.39, 0.29) is 24.0 Å². The Labute approximate surface area is 203 Å². The van der Waals surface area contributed by atoms with Crippen molar-refractivity contribution in [1.29, 1.82) is 5.26 Å². The molecule has 1 fully saturated rings. The Morgan fingerprint density at radius 3 is 2.60 bits per heavy atom. The lowest BCUT2D eigenvalue weighted by molar-refractivity contribution is -0.134. The Morgan fingerprint density at radius 1 is 1.29 bits per heavy atom. The summed E-state index contributed by atoms with van der Waals surface area (Å²) in [4.78, 5) is 41.8. The van der Waals surface area contributed by atoms with Gasteiger partial charge in [-0.15, -0.1) is 0 Å². The van der Waals surface area contributed by atoms with E-state index in [1.807, 2.05) is 24.7 Å². The molecule has 1 amide bonds. The quantitative estimate of drug-likeness (QED) is 0.453. The molecule has 186 valence electrons. The summed E-state index contributed by atoms with van der Waals surface area (Å²) < 4.78 is 2.06. The molecular formula is C24H30N6O5. The molecule has 3 rings (SSSR count). The monoisotopic (exact) mass is 482 g/mol. The van der Waals surface area contributed by atoms with Crippen LogP contribution in [0.4, 0.5) is 0 Å². The van der Waals surface area contributed by atoms with Crippen molar-refractivity contribution in [2.75, 3.05) is 13.1 Å². The number of pyridine rings is 1. The van der Waals surface area contributed by atoms with E-state index in [0.29, 0.717) is 18.7 Å². The molecule has 0 saturated carbocycles. The number of carboxylic acid groups (broad SMARTS) is 2. The molecule has 1 atom stereocenters. The van der Waals surface area contributed by atoms with Crippen molar-refractivity contribution in [1.82, 2.24) is 24.8 Å². The van der Waals surface area contributed by atoms with E-state index in [0.717, 1.165) is 37.1 Å². The van der Waals surface area contributed by atoms with Crippen LogP contribution in [0.5, 0.6) is 0 Å². The number of aliphatic carboxylic acids is 2. The van der Waals surface area contributed by atoms with E-state index in [1.165, 1.54) is 0 Å². The number of nitrogens with zero attached hydrogens (tertiary/aromatic N) is 5. The van der Waals surface area contributed by atoms with Crippen LogP contribution < -0.4 is 5.32 Å². The van der Waals surface area contributed by atoms with Gasteiger partial charge in [0.2, 0.25) is 5.91 Å². The van der Waals surface area contributed by atoms with Gasteiger partial charge in [-0.05, 0) is 45.2 Å². The molecule has 0 radical (unpaired) electrons. The second-order valence-corrected chi connectivity index (χ2v) is 8.61.